The van der Waals surface area contributed by atoms with Crippen LogP contribution in [0.2, 0.25) is 0 Å². The van der Waals surface area contributed by atoms with Gasteiger partial charge in [0.1, 0.15) is 11.5 Å². The number of carbonyl (C=O) groups is 1. The van der Waals surface area contributed by atoms with Crippen LogP contribution in [0.5, 0.6) is 5.75 Å². The van der Waals surface area contributed by atoms with Crippen molar-refractivity contribution in [3.8, 4) is 5.75 Å². The standard InChI is InChI=1S/C11H11BrO2/c1-14-9-4-7-2-3-8(13)5-10(7)11(12)6-9/h4,6H,2-3,5H2,1H3. The molecule has 1 aliphatic rings. The van der Waals surface area contributed by atoms with Crippen LogP contribution in [-0.2, 0) is 17.6 Å². The Morgan fingerprint density at radius 1 is 1.36 bits per heavy atom. The number of methoxy groups -OCH3 is 1. The highest BCUT2D eigenvalue weighted by atomic mass is 79.9. The minimum atomic E-state index is 0.323. The average Bonchev–Trinajstić information content (AvgIpc) is 2.19. The molecule has 14 heavy (non-hydrogen) atoms. The first kappa shape index (κ1) is 9.71. The summed E-state index contributed by atoms with van der Waals surface area (Å²) in [6.07, 6.45) is 2.05. The number of ether oxygens (including phenoxy) is 1. The fourth-order valence-electron chi connectivity index (χ4n) is 1.76. The van der Waals surface area contributed by atoms with E-state index in [4.69, 9.17) is 4.74 Å². The maximum Gasteiger partial charge on any atom is 0.137 e. The van der Waals surface area contributed by atoms with Crippen LogP contribution < -0.4 is 4.74 Å². The van der Waals surface area contributed by atoms with Gasteiger partial charge in [-0.1, -0.05) is 15.9 Å². The third-order valence-corrected chi connectivity index (χ3v) is 3.25. The first-order chi connectivity index (χ1) is 6.70. The predicted octanol–water partition coefficient (Wildman–Crippen LogP) is 2.52. The van der Waals surface area contributed by atoms with E-state index in [2.05, 4.69) is 15.9 Å². The topological polar surface area (TPSA) is 26.3 Å². The second kappa shape index (κ2) is 3.73. The summed E-state index contributed by atoms with van der Waals surface area (Å²) in [7, 11) is 1.65. The largest absolute Gasteiger partial charge is 0.497 e. The van der Waals surface area contributed by atoms with Crippen LogP contribution in [0.1, 0.15) is 17.5 Å². The highest BCUT2D eigenvalue weighted by molar-refractivity contribution is 9.10. The summed E-state index contributed by atoms with van der Waals surface area (Å²) in [5.41, 5.74) is 2.36. The summed E-state index contributed by atoms with van der Waals surface area (Å²) in [6, 6.07) is 3.93. The molecule has 0 heterocycles. The normalized spacial score (nSPS) is 15.1. The van der Waals surface area contributed by atoms with Gasteiger partial charge < -0.3 is 4.74 Å². The van der Waals surface area contributed by atoms with Crippen molar-refractivity contribution < 1.29 is 9.53 Å². The lowest BCUT2D eigenvalue weighted by Gasteiger charge is -2.17. The van der Waals surface area contributed by atoms with Crippen molar-refractivity contribution in [2.45, 2.75) is 19.3 Å². The average molecular weight is 255 g/mol. The van der Waals surface area contributed by atoms with Crippen LogP contribution in [0.15, 0.2) is 16.6 Å². The van der Waals surface area contributed by atoms with Crippen molar-refractivity contribution >= 4 is 21.7 Å². The van der Waals surface area contributed by atoms with Crippen LogP contribution in [-0.4, -0.2) is 12.9 Å². The van der Waals surface area contributed by atoms with Gasteiger partial charge in [0.05, 0.1) is 7.11 Å². The van der Waals surface area contributed by atoms with Crippen LogP contribution in [0, 0.1) is 0 Å². The first-order valence-electron chi connectivity index (χ1n) is 4.57. The zero-order valence-corrected chi connectivity index (χ0v) is 9.56. The molecule has 0 fully saturated rings. The third kappa shape index (κ3) is 1.69. The lowest BCUT2D eigenvalue weighted by Crippen LogP contribution is -2.13. The van der Waals surface area contributed by atoms with Crippen molar-refractivity contribution in [1.29, 1.82) is 0 Å². The smallest absolute Gasteiger partial charge is 0.137 e. The van der Waals surface area contributed by atoms with E-state index in [-0.39, 0.29) is 0 Å². The number of aryl methyl sites for hydroxylation is 1. The van der Waals surface area contributed by atoms with Crippen LogP contribution >= 0.6 is 15.9 Å². The van der Waals surface area contributed by atoms with Crippen molar-refractivity contribution in [2.24, 2.45) is 0 Å². The van der Waals surface area contributed by atoms with Crippen molar-refractivity contribution in [3.63, 3.8) is 0 Å². The molecule has 2 nitrogen and oxygen atoms in total. The van der Waals surface area contributed by atoms with Crippen molar-refractivity contribution in [2.75, 3.05) is 7.11 Å². The van der Waals surface area contributed by atoms with Gasteiger partial charge in [0.2, 0.25) is 0 Å². The van der Waals surface area contributed by atoms with Gasteiger partial charge in [0.15, 0.2) is 0 Å². The number of carbonyl (C=O) groups excluding carboxylic acids is 1. The molecular weight excluding hydrogens is 244 g/mol. The monoisotopic (exact) mass is 254 g/mol. The Kier molecular flexibility index (Phi) is 2.59. The second-order valence-electron chi connectivity index (χ2n) is 3.46. The van der Waals surface area contributed by atoms with Gasteiger partial charge in [-0.15, -0.1) is 0 Å². The Labute approximate surface area is 91.4 Å². The van der Waals surface area contributed by atoms with E-state index >= 15 is 0 Å². The Balaban J connectivity index is 2.48. The van der Waals surface area contributed by atoms with E-state index in [0.717, 1.165) is 22.2 Å². The van der Waals surface area contributed by atoms with Gasteiger partial charge in [0, 0.05) is 17.3 Å². The zero-order valence-electron chi connectivity index (χ0n) is 7.97. The highest BCUT2D eigenvalue weighted by Crippen LogP contribution is 2.31. The minimum absolute atomic E-state index is 0.323. The van der Waals surface area contributed by atoms with Gasteiger partial charge in [-0.25, -0.2) is 0 Å². The number of hydrogen-bond acceptors (Lipinski definition) is 2. The fraction of sp³-hybridized carbons (Fsp3) is 0.364. The molecule has 2 rings (SSSR count). The molecule has 1 aromatic rings. The van der Waals surface area contributed by atoms with E-state index in [1.165, 1.54) is 5.56 Å². The van der Waals surface area contributed by atoms with Crippen molar-refractivity contribution in [3.05, 3.63) is 27.7 Å². The molecular formula is C11H11BrO2. The molecule has 0 N–H and O–H groups in total. The Morgan fingerprint density at radius 2 is 2.14 bits per heavy atom. The molecule has 0 saturated heterocycles. The lowest BCUT2D eigenvalue weighted by atomic mass is 9.91. The number of halogens is 1. The molecule has 0 spiro atoms. The Morgan fingerprint density at radius 3 is 2.86 bits per heavy atom. The summed E-state index contributed by atoms with van der Waals surface area (Å²) >= 11 is 3.47. The molecule has 0 bridgehead atoms. The number of Topliss-reactive ketones (excluding diaryl/α,β-unsaturated/α-hetero) is 1. The first-order valence-corrected chi connectivity index (χ1v) is 5.37. The lowest BCUT2D eigenvalue weighted by molar-refractivity contribution is -0.118. The number of benzene rings is 1. The second-order valence-corrected chi connectivity index (χ2v) is 4.32. The maximum atomic E-state index is 11.3. The Hall–Kier alpha value is -0.830. The SMILES string of the molecule is COc1cc(Br)c2c(c1)CCC(=O)C2. The molecule has 0 saturated carbocycles. The van der Waals surface area contributed by atoms with Crippen LogP contribution in [0.25, 0.3) is 0 Å². The molecule has 0 amide bonds. The fourth-order valence-corrected chi connectivity index (χ4v) is 2.38. The van der Waals surface area contributed by atoms with E-state index in [1.807, 2.05) is 12.1 Å². The van der Waals surface area contributed by atoms with Crippen LogP contribution in [0.3, 0.4) is 0 Å². The molecule has 0 atom stereocenters. The summed E-state index contributed by atoms with van der Waals surface area (Å²) < 4.78 is 6.16. The van der Waals surface area contributed by atoms with E-state index < -0.39 is 0 Å². The summed E-state index contributed by atoms with van der Waals surface area (Å²) in [5, 5.41) is 0. The Bertz CT molecular complexity index is 385. The summed E-state index contributed by atoms with van der Waals surface area (Å²) in [6.45, 7) is 0. The molecule has 0 radical (unpaired) electrons. The van der Waals surface area contributed by atoms with Gasteiger partial charge >= 0.3 is 0 Å². The van der Waals surface area contributed by atoms with Gasteiger partial charge in [-0.3, -0.25) is 4.79 Å². The van der Waals surface area contributed by atoms with Gasteiger partial charge in [-0.2, -0.15) is 0 Å². The highest BCUT2D eigenvalue weighted by Gasteiger charge is 2.18. The van der Waals surface area contributed by atoms with Gasteiger partial charge in [0.25, 0.3) is 0 Å². The molecule has 1 aliphatic carbocycles. The maximum absolute atomic E-state index is 11.3. The van der Waals surface area contributed by atoms with Crippen LogP contribution in [0.4, 0.5) is 0 Å². The summed E-state index contributed by atoms with van der Waals surface area (Å²) in [4.78, 5) is 11.3. The van der Waals surface area contributed by atoms with Gasteiger partial charge in [-0.05, 0) is 29.7 Å². The van der Waals surface area contributed by atoms with Crippen molar-refractivity contribution in [1.82, 2.24) is 0 Å². The third-order valence-electron chi connectivity index (χ3n) is 2.54. The van der Waals surface area contributed by atoms with E-state index in [9.17, 15) is 4.79 Å². The zero-order chi connectivity index (χ0) is 10.1. The quantitative estimate of drug-likeness (QED) is 0.770. The molecule has 0 aliphatic heterocycles. The molecule has 1 aromatic carbocycles. The molecule has 0 unspecified atom stereocenters. The van der Waals surface area contributed by atoms with E-state index in [0.29, 0.717) is 18.6 Å². The molecule has 0 aromatic heterocycles. The molecule has 3 heteroatoms. The number of ketones is 1. The minimum Gasteiger partial charge on any atom is -0.497 e. The number of fused-ring (bicyclic) bond motifs is 1. The number of hydrogen-bond donors (Lipinski definition) is 0. The summed E-state index contributed by atoms with van der Waals surface area (Å²) in [5.74, 6) is 1.17. The molecule has 74 valence electrons. The van der Waals surface area contributed by atoms with E-state index in [1.54, 1.807) is 7.11 Å². The predicted molar refractivity (Wildman–Crippen MR) is 57.7 cm³/mol. The number of rotatable bonds is 1.